The van der Waals surface area contributed by atoms with Crippen LogP contribution in [-0.2, 0) is 9.59 Å². The molecule has 2 heterocycles. The number of hydrogen-bond acceptors (Lipinski definition) is 6. The highest BCUT2D eigenvalue weighted by molar-refractivity contribution is 7.22. The smallest absolute Gasteiger partial charge is 0.301 e. The molecule has 34 heavy (non-hydrogen) atoms. The van der Waals surface area contributed by atoms with Crippen LogP contribution in [-0.4, -0.2) is 28.4 Å². The van der Waals surface area contributed by atoms with Gasteiger partial charge in [-0.2, -0.15) is 0 Å². The van der Waals surface area contributed by atoms with Crippen LogP contribution in [0.2, 0.25) is 5.02 Å². The number of aliphatic hydroxyl groups is 1. The lowest BCUT2D eigenvalue weighted by atomic mass is 9.95. The monoisotopic (exact) mass is 490 g/mol. The van der Waals surface area contributed by atoms with Gasteiger partial charge in [0, 0.05) is 10.6 Å². The van der Waals surface area contributed by atoms with Crippen molar-refractivity contribution < 1.29 is 19.4 Å². The summed E-state index contributed by atoms with van der Waals surface area (Å²) < 4.78 is 6.40. The largest absolute Gasteiger partial charge is 0.507 e. The number of ether oxygens (including phenoxy) is 1. The molecule has 4 aromatic rings. The second-order valence-electron chi connectivity index (χ2n) is 7.65. The topological polar surface area (TPSA) is 79.7 Å². The van der Waals surface area contributed by atoms with Gasteiger partial charge in [0.25, 0.3) is 5.78 Å². The summed E-state index contributed by atoms with van der Waals surface area (Å²) in [5.74, 6) is -1.07. The molecule has 1 saturated heterocycles. The normalized spacial score (nSPS) is 17.5. The highest BCUT2D eigenvalue weighted by atomic mass is 35.5. The van der Waals surface area contributed by atoms with E-state index in [1.807, 2.05) is 55.5 Å². The van der Waals surface area contributed by atoms with Gasteiger partial charge in [-0.3, -0.25) is 14.5 Å². The number of carbonyl (C=O) groups excluding carboxylic acids is 2. The maximum Gasteiger partial charge on any atom is 0.301 e. The van der Waals surface area contributed by atoms with Crippen molar-refractivity contribution in [3.8, 4) is 5.75 Å². The summed E-state index contributed by atoms with van der Waals surface area (Å²) >= 11 is 7.27. The number of amides is 1. The molecule has 8 heteroatoms. The maximum absolute atomic E-state index is 13.3. The van der Waals surface area contributed by atoms with Gasteiger partial charge in [0.15, 0.2) is 5.13 Å². The van der Waals surface area contributed by atoms with Crippen LogP contribution in [0.15, 0.2) is 78.4 Å². The van der Waals surface area contributed by atoms with Gasteiger partial charge < -0.3 is 9.84 Å². The number of aliphatic hydroxyl groups excluding tert-OH is 1. The van der Waals surface area contributed by atoms with E-state index in [1.54, 1.807) is 24.3 Å². The van der Waals surface area contributed by atoms with E-state index >= 15 is 0 Å². The van der Waals surface area contributed by atoms with E-state index in [0.29, 0.717) is 39.2 Å². The van der Waals surface area contributed by atoms with Gasteiger partial charge in [-0.15, -0.1) is 0 Å². The zero-order valence-electron chi connectivity index (χ0n) is 18.1. The molecule has 3 aromatic carbocycles. The third kappa shape index (κ3) is 3.83. The van der Waals surface area contributed by atoms with Gasteiger partial charge in [0.05, 0.1) is 28.4 Å². The Balaban J connectivity index is 1.68. The maximum atomic E-state index is 13.3. The Hall–Kier alpha value is -3.68. The molecule has 0 spiro atoms. The third-order valence-corrected chi connectivity index (χ3v) is 6.81. The van der Waals surface area contributed by atoms with Gasteiger partial charge in [-0.25, -0.2) is 4.98 Å². The summed E-state index contributed by atoms with van der Waals surface area (Å²) in [6, 6.07) is 20.3. The lowest BCUT2D eigenvalue weighted by Crippen LogP contribution is -2.29. The van der Waals surface area contributed by atoms with Crippen molar-refractivity contribution in [1.82, 2.24) is 4.98 Å². The van der Waals surface area contributed by atoms with Gasteiger partial charge >= 0.3 is 5.91 Å². The standard InChI is InChI=1S/C26H19ClN2O4S/c1-2-33-18-12-13-19-20(14-18)34-26(28-19)29-22(15-6-4-3-5-7-15)21(24(31)25(29)32)23(30)16-8-10-17(27)11-9-16/h3-14,22,30H,2H2,1H3/t22-/m1/s1. The first kappa shape index (κ1) is 22.1. The Bertz CT molecular complexity index is 1430. The third-order valence-electron chi connectivity index (χ3n) is 5.54. The zero-order chi connectivity index (χ0) is 23.8. The van der Waals surface area contributed by atoms with Crippen LogP contribution in [0.3, 0.4) is 0 Å². The minimum Gasteiger partial charge on any atom is -0.507 e. The second-order valence-corrected chi connectivity index (χ2v) is 9.09. The van der Waals surface area contributed by atoms with Crippen LogP contribution in [0.1, 0.15) is 24.1 Å². The Morgan fingerprint density at radius 2 is 1.82 bits per heavy atom. The molecule has 0 bridgehead atoms. The van der Waals surface area contributed by atoms with E-state index in [0.717, 1.165) is 4.70 Å². The van der Waals surface area contributed by atoms with Crippen LogP contribution in [0.25, 0.3) is 16.0 Å². The Morgan fingerprint density at radius 3 is 2.53 bits per heavy atom. The van der Waals surface area contributed by atoms with Gasteiger partial charge in [-0.05, 0) is 55.0 Å². The molecule has 1 N–H and O–H groups in total. The van der Waals surface area contributed by atoms with E-state index < -0.39 is 17.7 Å². The number of halogens is 1. The predicted molar refractivity (Wildman–Crippen MR) is 133 cm³/mol. The number of carbonyl (C=O) groups is 2. The van der Waals surface area contributed by atoms with Crippen molar-refractivity contribution in [2.24, 2.45) is 0 Å². The van der Waals surface area contributed by atoms with Crippen molar-refractivity contribution in [1.29, 1.82) is 0 Å². The molecule has 0 saturated carbocycles. The average molecular weight is 491 g/mol. The molecule has 1 amide bonds. The quantitative estimate of drug-likeness (QED) is 0.211. The summed E-state index contributed by atoms with van der Waals surface area (Å²) in [5, 5.41) is 12.0. The van der Waals surface area contributed by atoms with Gasteiger partial charge in [0.1, 0.15) is 11.5 Å². The fourth-order valence-corrected chi connectivity index (χ4v) is 5.14. The number of benzene rings is 3. The summed E-state index contributed by atoms with van der Waals surface area (Å²) in [4.78, 5) is 32.5. The molecular formula is C26H19ClN2O4S. The fraction of sp³-hybridized carbons (Fsp3) is 0.115. The number of fused-ring (bicyclic) bond motifs is 1. The number of nitrogens with zero attached hydrogens (tertiary/aromatic N) is 2. The molecule has 0 aliphatic carbocycles. The van der Waals surface area contributed by atoms with Crippen molar-refractivity contribution in [2.45, 2.75) is 13.0 Å². The Kier molecular flexibility index (Phi) is 5.81. The van der Waals surface area contributed by atoms with E-state index in [2.05, 4.69) is 4.98 Å². The molecule has 170 valence electrons. The first-order valence-electron chi connectivity index (χ1n) is 10.6. The number of aromatic nitrogens is 1. The lowest BCUT2D eigenvalue weighted by Gasteiger charge is -2.22. The summed E-state index contributed by atoms with van der Waals surface area (Å²) in [6.07, 6.45) is 0. The molecular weight excluding hydrogens is 472 g/mol. The van der Waals surface area contributed by atoms with Crippen LogP contribution in [0, 0.1) is 0 Å². The summed E-state index contributed by atoms with van der Waals surface area (Å²) in [7, 11) is 0. The van der Waals surface area contributed by atoms with Crippen molar-refractivity contribution in [3.63, 3.8) is 0 Å². The molecule has 0 unspecified atom stereocenters. The molecule has 1 fully saturated rings. The van der Waals surface area contributed by atoms with E-state index in [1.165, 1.54) is 16.2 Å². The highest BCUT2D eigenvalue weighted by Gasteiger charge is 2.48. The fourth-order valence-electron chi connectivity index (χ4n) is 4.00. The van der Waals surface area contributed by atoms with Crippen LogP contribution >= 0.6 is 22.9 Å². The number of thiazole rings is 1. The van der Waals surface area contributed by atoms with Crippen molar-refractivity contribution >= 4 is 55.7 Å². The molecule has 1 aliphatic rings. The molecule has 1 aliphatic heterocycles. The first-order valence-corrected chi connectivity index (χ1v) is 11.8. The lowest BCUT2D eigenvalue weighted by molar-refractivity contribution is -0.132. The van der Waals surface area contributed by atoms with Gasteiger partial charge in [-0.1, -0.05) is 53.3 Å². The number of anilines is 1. The van der Waals surface area contributed by atoms with Crippen molar-refractivity contribution in [2.75, 3.05) is 11.5 Å². The van der Waals surface area contributed by atoms with E-state index in [-0.39, 0.29) is 11.3 Å². The predicted octanol–water partition coefficient (Wildman–Crippen LogP) is 5.97. The van der Waals surface area contributed by atoms with Crippen LogP contribution < -0.4 is 9.64 Å². The molecule has 0 radical (unpaired) electrons. The van der Waals surface area contributed by atoms with Crippen LogP contribution in [0.4, 0.5) is 5.13 Å². The van der Waals surface area contributed by atoms with E-state index in [4.69, 9.17) is 16.3 Å². The number of ketones is 1. The van der Waals surface area contributed by atoms with Gasteiger partial charge in [0.2, 0.25) is 0 Å². The number of hydrogen-bond donors (Lipinski definition) is 1. The minimum absolute atomic E-state index is 0.00721. The Labute approximate surface area is 204 Å². The minimum atomic E-state index is -0.830. The second kappa shape index (κ2) is 8.93. The highest BCUT2D eigenvalue weighted by Crippen LogP contribution is 2.44. The SMILES string of the molecule is CCOc1ccc2nc(N3C(=O)C(=O)C(=C(O)c4ccc(Cl)cc4)[C@H]3c3ccccc3)sc2c1. The molecule has 6 nitrogen and oxygen atoms in total. The summed E-state index contributed by atoms with van der Waals surface area (Å²) in [5.41, 5.74) is 1.78. The molecule has 5 rings (SSSR count). The average Bonchev–Trinajstić information content (AvgIpc) is 3.38. The summed E-state index contributed by atoms with van der Waals surface area (Å²) in [6.45, 7) is 2.44. The van der Waals surface area contributed by atoms with E-state index in [9.17, 15) is 14.7 Å². The van der Waals surface area contributed by atoms with Crippen molar-refractivity contribution in [3.05, 3.63) is 94.5 Å². The first-order chi connectivity index (χ1) is 16.5. The molecule has 1 atom stereocenters. The molecule has 1 aromatic heterocycles. The number of Topliss-reactive ketones (excluding diaryl/α,β-unsaturated/α-hetero) is 1. The zero-order valence-corrected chi connectivity index (χ0v) is 19.6. The Morgan fingerprint density at radius 1 is 1.09 bits per heavy atom. The number of rotatable bonds is 5. The van der Waals surface area contributed by atoms with Crippen LogP contribution in [0.5, 0.6) is 5.75 Å².